The molecule has 1 amide bonds. The second-order valence-electron chi connectivity index (χ2n) is 5.62. The summed E-state index contributed by atoms with van der Waals surface area (Å²) in [5, 5.41) is 6.08. The molecule has 2 saturated heterocycles. The van der Waals surface area contributed by atoms with Crippen molar-refractivity contribution in [2.45, 2.75) is 25.0 Å². The van der Waals surface area contributed by atoms with Crippen molar-refractivity contribution in [1.29, 1.82) is 0 Å². The summed E-state index contributed by atoms with van der Waals surface area (Å²) in [4.78, 5) is 20.1. The molecule has 1 aromatic heterocycles. The van der Waals surface area contributed by atoms with Crippen LogP contribution in [0.15, 0.2) is 5.38 Å². The normalized spacial score (nSPS) is 27.1. The Hall–Kier alpha value is -1.34. The van der Waals surface area contributed by atoms with Crippen LogP contribution in [-0.4, -0.2) is 60.2 Å². The monoisotopic (exact) mass is 296 g/mol. The van der Waals surface area contributed by atoms with E-state index in [4.69, 9.17) is 4.74 Å². The largest absolute Gasteiger partial charge is 0.440 e. The van der Waals surface area contributed by atoms with Gasteiger partial charge in [0.25, 0.3) is 0 Å². The Morgan fingerprint density at radius 1 is 1.55 bits per heavy atom. The Morgan fingerprint density at radius 2 is 2.40 bits per heavy atom. The number of piperidine rings is 1. The van der Waals surface area contributed by atoms with Gasteiger partial charge in [-0.15, -0.1) is 11.3 Å². The quantitative estimate of drug-likeness (QED) is 0.918. The van der Waals surface area contributed by atoms with E-state index in [1.807, 2.05) is 7.05 Å². The van der Waals surface area contributed by atoms with Crippen LogP contribution in [0.3, 0.4) is 0 Å². The van der Waals surface area contributed by atoms with Crippen molar-refractivity contribution in [3.63, 3.8) is 0 Å². The van der Waals surface area contributed by atoms with E-state index >= 15 is 0 Å². The number of likely N-dealkylation sites (N-methyl/N-ethyl adjacent to an activating group) is 1. The van der Waals surface area contributed by atoms with Crippen LogP contribution in [0.2, 0.25) is 0 Å². The van der Waals surface area contributed by atoms with Crippen LogP contribution >= 0.6 is 11.3 Å². The molecule has 3 rings (SSSR count). The van der Waals surface area contributed by atoms with Gasteiger partial charge in [-0.3, -0.25) is 4.90 Å². The van der Waals surface area contributed by atoms with Gasteiger partial charge < -0.3 is 15.0 Å². The standard InChI is InChI=1S/C13H20N4O2S/c1-14-11-15-10(7-20-11)6-17-5-3-4-13(9-17)8-16(2)12(18)19-13/h7H,3-6,8-9H2,1-2H3,(H,14,15). The molecule has 1 unspecified atom stereocenters. The van der Waals surface area contributed by atoms with Crippen molar-refractivity contribution >= 4 is 22.6 Å². The zero-order valence-corrected chi connectivity index (χ0v) is 12.7. The van der Waals surface area contributed by atoms with Crippen molar-refractivity contribution in [2.75, 3.05) is 39.0 Å². The minimum atomic E-state index is -0.314. The minimum absolute atomic E-state index is 0.196. The van der Waals surface area contributed by atoms with Crippen LogP contribution in [0.5, 0.6) is 0 Å². The molecule has 0 saturated carbocycles. The maximum absolute atomic E-state index is 11.6. The third-order valence-corrected chi connectivity index (χ3v) is 4.82. The Bertz CT molecular complexity index is 506. The number of nitrogens with zero attached hydrogens (tertiary/aromatic N) is 3. The van der Waals surface area contributed by atoms with E-state index in [-0.39, 0.29) is 11.7 Å². The molecule has 2 fully saturated rings. The van der Waals surface area contributed by atoms with E-state index < -0.39 is 0 Å². The van der Waals surface area contributed by atoms with Crippen LogP contribution in [-0.2, 0) is 11.3 Å². The highest BCUT2D eigenvalue weighted by Crippen LogP contribution is 2.32. The number of thiazole rings is 1. The number of hydrogen-bond donors (Lipinski definition) is 1. The smallest absolute Gasteiger partial charge is 0.410 e. The molecule has 6 nitrogen and oxygen atoms in total. The first-order valence-corrected chi connectivity index (χ1v) is 7.77. The average Bonchev–Trinajstić information content (AvgIpc) is 2.95. The Balaban J connectivity index is 1.65. The zero-order chi connectivity index (χ0) is 14.2. The van der Waals surface area contributed by atoms with Gasteiger partial charge in [0.15, 0.2) is 5.13 Å². The van der Waals surface area contributed by atoms with Gasteiger partial charge in [-0.25, -0.2) is 9.78 Å². The molecule has 1 spiro atoms. The third-order valence-electron chi connectivity index (χ3n) is 3.91. The highest BCUT2D eigenvalue weighted by molar-refractivity contribution is 7.13. The van der Waals surface area contributed by atoms with E-state index in [9.17, 15) is 4.79 Å². The molecule has 0 aromatic carbocycles. The summed E-state index contributed by atoms with van der Waals surface area (Å²) in [6.45, 7) is 3.35. The number of aromatic nitrogens is 1. The molecule has 0 radical (unpaired) electrons. The SMILES string of the molecule is CNc1nc(CN2CCCC3(C2)CN(C)C(=O)O3)cs1. The first-order chi connectivity index (χ1) is 9.60. The van der Waals surface area contributed by atoms with Crippen LogP contribution < -0.4 is 5.32 Å². The molecule has 1 aromatic rings. The van der Waals surface area contributed by atoms with Gasteiger partial charge in [-0.1, -0.05) is 0 Å². The van der Waals surface area contributed by atoms with Crippen molar-refractivity contribution in [1.82, 2.24) is 14.8 Å². The molecular weight excluding hydrogens is 276 g/mol. The number of carbonyl (C=O) groups excluding carboxylic acids is 1. The van der Waals surface area contributed by atoms with Crippen LogP contribution in [0, 0.1) is 0 Å². The van der Waals surface area contributed by atoms with Crippen molar-refractivity contribution in [3.05, 3.63) is 11.1 Å². The molecule has 0 bridgehead atoms. The number of likely N-dealkylation sites (tertiary alicyclic amines) is 1. The first kappa shape index (κ1) is 13.6. The Kier molecular flexibility index (Phi) is 3.55. The van der Waals surface area contributed by atoms with E-state index in [0.29, 0.717) is 6.54 Å². The van der Waals surface area contributed by atoms with Gasteiger partial charge in [0.2, 0.25) is 0 Å². The Morgan fingerprint density at radius 3 is 3.05 bits per heavy atom. The summed E-state index contributed by atoms with van der Waals surface area (Å²) < 4.78 is 5.61. The molecule has 20 heavy (non-hydrogen) atoms. The van der Waals surface area contributed by atoms with E-state index in [1.54, 1.807) is 23.3 Å². The number of rotatable bonds is 3. The van der Waals surface area contributed by atoms with Crippen molar-refractivity contribution in [3.8, 4) is 0 Å². The molecule has 7 heteroatoms. The number of anilines is 1. The number of carbonyl (C=O) groups is 1. The highest BCUT2D eigenvalue weighted by atomic mass is 32.1. The molecule has 2 aliphatic heterocycles. The first-order valence-electron chi connectivity index (χ1n) is 6.89. The van der Waals surface area contributed by atoms with Gasteiger partial charge in [-0.2, -0.15) is 0 Å². The number of hydrogen-bond acceptors (Lipinski definition) is 6. The van der Waals surface area contributed by atoms with Gasteiger partial charge in [0.1, 0.15) is 5.60 Å². The van der Waals surface area contributed by atoms with Crippen LogP contribution in [0.1, 0.15) is 18.5 Å². The summed E-state index contributed by atoms with van der Waals surface area (Å²) in [6.07, 6.45) is 1.82. The summed E-state index contributed by atoms with van der Waals surface area (Å²) >= 11 is 1.62. The van der Waals surface area contributed by atoms with E-state index in [0.717, 1.165) is 43.3 Å². The lowest BCUT2D eigenvalue weighted by Gasteiger charge is -2.38. The molecule has 110 valence electrons. The average molecular weight is 296 g/mol. The number of nitrogens with one attached hydrogen (secondary N) is 1. The van der Waals surface area contributed by atoms with Crippen molar-refractivity contribution < 1.29 is 9.53 Å². The van der Waals surface area contributed by atoms with Gasteiger partial charge in [-0.05, 0) is 19.4 Å². The summed E-state index contributed by atoms with van der Waals surface area (Å²) in [6, 6.07) is 0. The minimum Gasteiger partial charge on any atom is -0.440 e. The fourth-order valence-corrected chi connectivity index (χ4v) is 3.72. The molecule has 2 aliphatic rings. The predicted octanol–water partition coefficient (Wildman–Crippen LogP) is 1.60. The lowest BCUT2D eigenvalue weighted by atomic mass is 9.93. The van der Waals surface area contributed by atoms with Crippen molar-refractivity contribution in [2.24, 2.45) is 0 Å². The van der Waals surface area contributed by atoms with Gasteiger partial charge in [0, 0.05) is 32.6 Å². The Labute approximate surface area is 122 Å². The second-order valence-corrected chi connectivity index (χ2v) is 6.47. The maximum atomic E-state index is 11.6. The second kappa shape index (κ2) is 5.21. The predicted molar refractivity (Wildman–Crippen MR) is 78.0 cm³/mol. The van der Waals surface area contributed by atoms with Gasteiger partial charge >= 0.3 is 6.09 Å². The van der Waals surface area contributed by atoms with Gasteiger partial charge in [0.05, 0.1) is 12.2 Å². The summed E-state index contributed by atoms with van der Waals surface area (Å²) in [7, 11) is 3.68. The summed E-state index contributed by atoms with van der Waals surface area (Å²) in [5.41, 5.74) is 0.764. The van der Waals surface area contributed by atoms with Crippen LogP contribution in [0.25, 0.3) is 0 Å². The molecule has 3 heterocycles. The maximum Gasteiger partial charge on any atom is 0.410 e. The molecule has 1 N–H and O–H groups in total. The topological polar surface area (TPSA) is 57.7 Å². The van der Waals surface area contributed by atoms with E-state index in [2.05, 4.69) is 20.6 Å². The number of amides is 1. The third kappa shape index (κ3) is 2.60. The summed E-state index contributed by atoms with van der Waals surface area (Å²) in [5.74, 6) is 0. The lowest BCUT2D eigenvalue weighted by Crippen LogP contribution is -2.50. The van der Waals surface area contributed by atoms with E-state index in [1.165, 1.54) is 0 Å². The fourth-order valence-electron chi connectivity index (χ4n) is 3.05. The molecular formula is C13H20N4O2S. The zero-order valence-electron chi connectivity index (χ0n) is 11.9. The number of ether oxygens (including phenoxy) is 1. The molecule has 1 atom stereocenters. The lowest BCUT2D eigenvalue weighted by molar-refractivity contribution is -0.0116. The fraction of sp³-hybridized carbons (Fsp3) is 0.692. The highest BCUT2D eigenvalue weighted by Gasteiger charge is 2.46. The van der Waals surface area contributed by atoms with Crippen LogP contribution in [0.4, 0.5) is 9.93 Å². The molecule has 0 aliphatic carbocycles.